The molecule has 0 radical (unpaired) electrons. The molecule has 6 heteroatoms. The first-order valence-electron chi connectivity index (χ1n) is 13.6. The summed E-state index contributed by atoms with van der Waals surface area (Å²) in [7, 11) is 0. The molecule has 0 aliphatic carbocycles. The molecule has 0 spiro atoms. The molecule has 4 nitrogen and oxygen atoms in total. The molecule has 3 heterocycles. The minimum Gasteiger partial charge on any atom is -0.299 e. The average molecular weight is 553 g/mol. The van der Waals surface area contributed by atoms with E-state index in [9.17, 15) is 0 Å². The van der Waals surface area contributed by atoms with Crippen LogP contribution in [0.15, 0.2) is 78.9 Å². The minimum atomic E-state index is 0.478. The van der Waals surface area contributed by atoms with Crippen molar-refractivity contribution >= 4 is 22.9 Å². The lowest BCUT2D eigenvalue weighted by Gasteiger charge is -2.31. The number of nitrogens with zero attached hydrogens (tertiary/aromatic N) is 4. The molecule has 0 atom stereocenters. The number of hydrogen-bond acceptors (Lipinski definition) is 4. The van der Waals surface area contributed by atoms with Crippen molar-refractivity contribution in [2.45, 2.75) is 46.1 Å². The van der Waals surface area contributed by atoms with E-state index >= 15 is 0 Å². The van der Waals surface area contributed by atoms with Crippen LogP contribution in [0.5, 0.6) is 0 Å². The van der Waals surface area contributed by atoms with Gasteiger partial charge in [0.25, 0.3) is 0 Å². The standard InChI is InChI=1S/C33H33ClN4S/c1-22-9-11-26(12-10-22)32-31(25-13-15-28(34)16-14-25)35-33(39-32)27-17-19-37(20-18-27)21-30-23(2)36-38(24(30)3)29-7-5-4-6-8-29/h4-16,27H,17-21H2,1-3H3. The lowest BCUT2D eigenvalue weighted by atomic mass is 9.97. The summed E-state index contributed by atoms with van der Waals surface area (Å²) in [4.78, 5) is 9.08. The lowest BCUT2D eigenvalue weighted by Crippen LogP contribution is -2.32. The van der Waals surface area contributed by atoms with Crippen LogP contribution in [0, 0.1) is 20.8 Å². The highest BCUT2D eigenvalue weighted by Gasteiger charge is 2.27. The second-order valence-corrected chi connectivity index (χ2v) is 12.0. The molecule has 0 amide bonds. The van der Waals surface area contributed by atoms with Gasteiger partial charge in [0, 0.05) is 34.3 Å². The Balaban J connectivity index is 1.21. The number of thiazole rings is 1. The number of rotatable bonds is 6. The highest BCUT2D eigenvalue weighted by atomic mass is 35.5. The number of hydrogen-bond donors (Lipinski definition) is 0. The molecule has 1 saturated heterocycles. The van der Waals surface area contributed by atoms with Gasteiger partial charge in [0.2, 0.25) is 0 Å². The summed E-state index contributed by atoms with van der Waals surface area (Å²) in [6.45, 7) is 9.53. The van der Waals surface area contributed by atoms with Gasteiger partial charge in [-0.05, 0) is 76.5 Å². The fourth-order valence-electron chi connectivity index (χ4n) is 5.50. The van der Waals surface area contributed by atoms with Crippen molar-refractivity contribution in [3.05, 3.63) is 111 Å². The first-order chi connectivity index (χ1) is 19.0. The molecule has 198 valence electrons. The van der Waals surface area contributed by atoms with Gasteiger partial charge in [0.15, 0.2) is 0 Å². The molecule has 1 aliphatic heterocycles. The van der Waals surface area contributed by atoms with Crippen LogP contribution in [0.25, 0.3) is 27.4 Å². The maximum atomic E-state index is 6.20. The highest BCUT2D eigenvalue weighted by Crippen LogP contribution is 2.42. The average Bonchev–Trinajstić information content (AvgIpc) is 3.52. The van der Waals surface area contributed by atoms with Gasteiger partial charge in [-0.1, -0.05) is 71.8 Å². The van der Waals surface area contributed by atoms with Gasteiger partial charge in [-0.15, -0.1) is 11.3 Å². The maximum Gasteiger partial charge on any atom is 0.0970 e. The Morgan fingerprint density at radius 3 is 2.21 bits per heavy atom. The molecule has 5 aromatic rings. The van der Waals surface area contributed by atoms with E-state index in [0.717, 1.165) is 60.1 Å². The Morgan fingerprint density at radius 2 is 1.51 bits per heavy atom. The number of para-hydroxylation sites is 1. The summed E-state index contributed by atoms with van der Waals surface area (Å²) in [5.41, 5.74) is 9.50. The molecule has 0 unspecified atom stereocenters. The van der Waals surface area contributed by atoms with Crippen LogP contribution in [0.1, 0.15) is 46.3 Å². The summed E-state index contributed by atoms with van der Waals surface area (Å²) in [5, 5.41) is 6.86. The van der Waals surface area contributed by atoms with Crippen LogP contribution in [0.3, 0.4) is 0 Å². The first kappa shape index (κ1) is 26.0. The van der Waals surface area contributed by atoms with Gasteiger partial charge in [0.1, 0.15) is 0 Å². The van der Waals surface area contributed by atoms with Crippen molar-refractivity contribution in [1.82, 2.24) is 19.7 Å². The zero-order valence-corrected chi connectivity index (χ0v) is 24.3. The molecule has 1 aliphatic rings. The van der Waals surface area contributed by atoms with Crippen LogP contribution in [0.2, 0.25) is 5.02 Å². The maximum absolute atomic E-state index is 6.20. The molecule has 2 aromatic heterocycles. The molecule has 0 saturated carbocycles. The van der Waals surface area contributed by atoms with Crippen LogP contribution in [0.4, 0.5) is 0 Å². The Labute approximate surface area is 239 Å². The third-order valence-electron chi connectivity index (χ3n) is 7.84. The zero-order chi connectivity index (χ0) is 26.9. The van der Waals surface area contributed by atoms with Crippen molar-refractivity contribution in [3.8, 4) is 27.4 Å². The molecule has 1 fully saturated rings. The van der Waals surface area contributed by atoms with Gasteiger partial charge in [-0.3, -0.25) is 4.90 Å². The third-order valence-corrected chi connectivity index (χ3v) is 9.35. The molecule has 39 heavy (non-hydrogen) atoms. The van der Waals surface area contributed by atoms with Crippen LogP contribution >= 0.6 is 22.9 Å². The number of halogens is 1. The second kappa shape index (κ2) is 11.1. The van der Waals surface area contributed by atoms with Gasteiger partial charge < -0.3 is 0 Å². The fourth-order valence-corrected chi connectivity index (χ4v) is 6.89. The number of piperidine rings is 1. The molecule has 3 aromatic carbocycles. The van der Waals surface area contributed by atoms with E-state index in [4.69, 9.17) is 21.7 Å². The number of aromatic nitrogens is 3. The SMILES string of the molecule is Cc1ccc(-c2sc(C3CCN(Cc4c(C)nn(-c5ccccc5)c4C)CC3)nc2-c2ccc(Cl)cc2)cc1. The van der Waals surface area contributed by atoms with E-state index in [-0.39, 0.29) is 0 Å². The van der Waals surface area contributed by atoms with Crippen molar-refractivity contribution in [2.24, 2.45) is 0 Å². The Hall–Kier alpha value is -3.25. The zero-order valence-electron chi connectivity index (χ0n) is 22.7. The Morgan fingerprint density at radius 1 is 0.846 bits per heavy atom. The predicted molar refractivity (Wildman–Crippen MR) is 163 cm³/mol. The van der Waals surface area contributed by atoms with Gasteiger partial charge >= 0.3 is 0 Å². The lowest BCUT2D eigenvalue weighted by molar-refractivity contribution is 0.204. The van der Waals surface area contributed by atoms with Gasteiger partial charge in [-0.2, -0.15) is 5.10 Å². The van der Waals surface area contributed by atoms with Crippen molar-refractivity contribution in [1.29, 1.82) is 0 Å². The molecule has 0 N–H and O–H groups in total. The van der Waals surface area contributed by atoms with E-state index < -0.39 is 0 Å². The van der Waals surface area contributed by atoms with Crippen LogP contribution < -0.4 is 0 Å². The molecule has 6 rings (SSSR count). The summed E-state index contributed by atoms with van der Waals surface area (Å²) >= 11 is 8.06. The predicted octanol–water partition coefficient (Wildman–Crippen LogP) is 8.62. The summed E-state index contributed by atoms with van der Waals surface area (Å²) in [6.07, 6.45) is 2.23. The monoisotopic (exact) mass is 552 g/mol. The summed E-state index contributed by atoms with van der Waals surface area (Å²) in [6, 6.07) is 27.3. The minimum absolute atomic E-state index is 0.478. The number of benzene rings is 3. The van der Waals surface area contributed by atoms with Gasteiger partial charge in [-0.25, -0.2) is 9.67 Å². The van der Waals surface area contributed by atoms with E-state index in [2.05, 4.69) is 91.0 Å². The summed E-state index contributed by atoms with van der Waals surface area (Å²) in [5.74, 6) is 0.478. The van der Waals surface area contributed by atoms with E-state index in [0.29, 0.717) is 5.92 Å². The van der Waals surface area contributed by atoms with E-state index in [1.54, 1.807) is 0 Å². The van der Waals surface area contributed by atoms with Crippen LogP contribution in [-0.4, -0.2) is 32.8 Å². The Kier molecular flexibility index (Phi) is 7.39. The van der Waals surface area contributed by atoms with Crippen molar-refractivity contribution in [3.63, 3.8) is 0 Å². The molecular formula is C33H33ClN4S. The normalized spacial score (nSPS) is 14.7. The second-order valence-electron chi connectivity index (χ2n) is 10.5. The summed E-state index contributed by atoms with van der Waals surface area (Å²) < 4.78 is 2.08. The third kappa shape index (κ3) is 5.44. The van der Waals surface area contributed by atoms with E-state index in [1.807, 2.05) is 29.5 Å². The number of aryl methyl sites for hydroxylation is 2. The molecule has 0 bridgehead atoms. The van der Waals surface area contributed by atoms with Crippen molar-refractivity contribution < 1.29 is 0 Å². The largest absolute Gasteiger partial charge is 0.299 e. The fraction of sp³-hybridized carbons (Fsp3) is 0.273. The Bertz CT molecular complexity index is 1500. The quantitative estimate of drug-likeness (QED) is 0.211. The van der Waals surface area contributed by atoms with E-state index in [1.165, 1.54) is 32.3 Å². The highest BCUT2D eigenvalue weighted by molar-refractivity contribution is 7.15. The van der Waals surface area contributed by atoms with Crippen LogP contribution in [-0.2, 0) is 6.54 Å². The number of likely N-dealkylation sites (tertiary alicyclic amines) is 1. The first-order valence-corrected chi connectivity index (χ1v) is 14.8. The topological polar surface area (TPSA) is 34.0 Å². The van der Waals surface area contributed by atoms with Crippen molar-refractivity contribution in [2.75, 3.05) is 13.1 Å². The smallest absolute Gasteiger partial charge is 0.0970 e. The van der Waals surface area contributed by atoms with Gasteiger partial charge in [0.05, 0.1) is 27.0 Å². The molecular weight excluding hydrogens is 520 g/mol.